The normalized spacial score (nSPS) is 35.1. The number of hydrogen-bond donors (Lipinski definition) is 2. The van der Waals surface area contributed by atoms with Crippen molar-refractivity contribution in [2.45, 2.75) is 134 Å². The van der Waals surface area contributed by atoms with Crippen molar-refractivity contribution in [2.75, 3.05) is 13.1 Å². The molecule has 10 heteroatoms. The average Bonchev–Trinajstić information content (AvgIpc) is 3.72. The maximum absolute atomic E-state index is 13.7. The number of alkyl halides is 3. The first kappa shape index (κ1) is 41.1. The van der Waals surface area contributed by atoms with Gasteiger partial charge >= 0.3 is 12.1 Å². The molecule has 4 fully saturated rings. The topological polar surface area (TPSA) is 95.9 Å². The molecule has 2 aliphatic heterocycles. The molecule has 0 radical (unpaired) electrons. The van der Waals surface area contributed by atoms with Gasteiger partial charge in [-0.05, 0) is 118 Å². The van der Waals surface area contributed by atoms with Crippen molar-refractivity contribution in [3.8, 4) is 0 Å². The van der Waals surface area contributed by atoms with Crippen LogP contribution in [0.1, 0.15) is 113 Å². The quantitative estimate of drug-likeness (QED) is 0.185. The van der Waals surface area contributed by atoms with Gasteiger partial charge in [0.15, 0.2) is 11.6 Å². The summed E-state index contributed by atoms with van der Waals surface area (Å²) in [5, 5.41) is 12.5. The fraction of sp³-hybridized carbons (Fsp3) is 0.604. The Balaban J connectivity index is 0.944. The second-order valence-corrected chi connectivity index (χ2v) is 18.9. The van der Waals surface area contributed by atoms with Crippen molar-refractivity contribution in [1.82, 2.24) is 10.2 Å². The van der Waals surface area contributed by atoms with Crippen LogP contribution in [0, 0.1) is 35.0 Å². The number of amides is 1. The van der Waals surface area contributed by atoms with Crippen LogP contribution in [-0.2, 0) is 20.7 Å². The third-order valence-electron chi connectivity index (χ3n) is 15.6. The molecule has 2 aromatic rings. The number of fused-ring (bicyclic) bond motifs is 6. The van der Waals surface area contributed by atoms with Crippen LogP contribution in [0.5, 0.6) is 0 Å². The minimum atomic E-state index is -5.13. The Morgan fingerprint density at radius 2 is 1.72 bits per heavy atom. The standard InChI is InChI=1S/C48H59F3N2O5/c1-28-23-42-43(30(3)47(58-42)21-19-36-37-17-16-34-25-35(54)18-20-46(34,4)39(37)26-38(36)29(47)2)53(27-28)22-8-11-41(55)40(52-45(57)48(49,50)51)24-31-12-14-33(15-13-31)44(56)32-9-6-5-7-10-32/h5-7,9-10,12-16,28,30,35-37,39-40,42-43,54H,8,11,17-27H2,1-4H3,(H,52,57)/t28-,30+,35-,36-,37-,39-,40-,42+,43-,46-,47-/m0/s1. The Morgan fingerprint density at radius 3 is 2.45 bits per heavy atom. The molecule has 312 valence electrons. The molecule has 2 aromatic carbocycles. The zero-order chi connectivity index (χ0) is 41.1. The van der Waals surface area contributed by atoms with E-state index in [-0.39, 0.29) is 53.8 Å². The number of likely N-dealkylation sites (tertiary alicyclic amines) is 1. The van der Waals surface area contributed by atoms with Gasteiger partial charge in [0, 0.05) is 36.1 Å². The highest BCUT2D eigenvalue weighted by Crippen LogP contribution is 2.65. The van der Waals surface area contributed by atoms with E-state index >= 15 is 0 Å². The number of benzene rings is 2. The number of hydrogen-bond acceptors (Lipinski definition) is 6. The summed E-state index contributed by atoms with van der Waals surface area (Å²) in [6.07, 6.45) is 5.60. The number of carbonyl (C=O) groups is 3. The molecular formula is C48H59F3N2O5. The van der Waals surface area contributed by atoms with Gasteiger partial charge in [-0.15, -0.1) is 0 Å². The molecule has 0 unspecified atom stereocenters. The zero-order valence-corrected chi connectivity index (χ0v) is 34.3. The zero-order valence-electron chi connectivity index (χ0n) is 34.3. The monoisotopic (exact) mass is 800 g/mol. The lowest BCUT2D eigenvalue weighted by molar-refractivity contribution is -0.174. The van der Waals surface area contributed by atoms with Crippen LogP contribution in [0.3, 0.4) is 0 Å². The third-order valence-corrected chi connectivity index (χ3v) is 15.6. The number of carbonyl (C=O) groups excluding carboxylic acids is 3. The summed E-state index contributed by atoms with van der Waals surface area (Å²) in [4.78, 5) is 41.2. The van der Waals surface area contributed by atoms with Crippen molar-refractivity contribution < 1.29 is 37.4 Å². The molecule has 8 rings (SSSR count). The Morgan fingerprint density at radius 1 is 1.00 bits per heavy atom. The number of nitrogens with zero attached hydrogens (tertiary/aromatic N) is 1. The van der Waals surface area contributed by atoms with Crippen molar-refractivity contribution in [3.63, 3.8) is 0 Å². The van der Waals surface area contributed by atoms with Crippen LogP contribution < -0.4 is 5.32 Å². The molecule has 0 bridgehead atoms. The SMILES string of the molecule is CC1=C2C[C@H]3[C@@H](CC=C4C[C@@H](O)CC[C@@]43C)[C@@H]2CC[C@]12O[C@@H]1C[C@H](C)CN(CCCC(=O)[C@H](Cc3ccc(C(=O)c4ccccc4)cc3)NC(=O)C(F)(F)F)[C@H]1[C@H]2C. The summed E-state index contributed by atoms with van der Waals surface area (Å²) >= 11 is 0. The summed E-state index contributed by atoms with van der Waals surface area (Å²) < 4.78 is 47.6. The smallest absolute Gasteiger partial charge is 0.393 e. The molecule has 11 atom stereocenters. The first-order chi connectivity index (χ1) is 27.6. The summed E-state index contributed by atoms with van der Waals surface area (Å²) in [5.74, 6) is -0.316. The van der Waals surface area contributed by atoms with Crippen LogP contribution in [0.25, 0.3) is 0 Å². The molecule has 4 aliphatic carbocycles. The van der Waals surface area contributed by atoms with Crippen molar-refractivity contribution in [2.24, 2.45) is 35.0 Å². The maximum Gasteiger partial charge on any atom is 0.471 e. The van der Waals surface area contributed by atoms with E-state index in [9.17, 15) is 32.7 Å². The number of nitrogens with one attached hydrogen (secondary N) is 1. The number of ketones is 2. The lowest BCUT2D eigenvalue weighted by Gasteiger charge is -2.49. The predicted molar refractivity (Wildman–Crippen MR) is 216 cm³/mol. The van der Waals surface area contributed by atoms with Gasteiger partial charge in [-0.25, -0.2) is 0 Å². The van der Waals surface area contributed by atoms with Crippen LogP contribution in [0.4, 0.5) is 13.2 Å². The number of aliphatic hydroxyl groups is 1. The number of aliphatic hydroxyl groups excluding tert-OH is 1. The highest BCUT2D eigenvalue weighted by atomic mass is 19.4. The first-order valence-corrected chi connectivity index (χ1v) is 21.7. The molecule has 58 heavy (non-hydrogen) atoms. The number of halogens is 3. The summed E-state index contributed by atoms with van der Waals surface area (Å²) in [7, 11) is 0. The van der Waals surface area contributed by atoms with Gasteiger partial charge in [-0.2, -0.15) is 13.2 Å². The highest BCUT2D eigenvalue weighted by Gasteiger charge is 2.61. The van der Waals surface area contributed by atoms with E-state index in [1.54, 1.807) is 54.1 Å². The molecule has 6 aliphatic rings. The Kier molecular flexibility index (Phi) is 11.2. The van der Waals surface area contributed by atoms with Gasteiger partial charge in [-0.1, -0.05) is 92.6 Å². The molecule has 2 N–H and O–H groups in total. The van der Waals surface area contributed by atoms with E-state index in [2.05, 4.69) is 38.7 Å². The Hall–Kier alpha value is -3.60. The molecule has 1 spiro atoms. The number of allylic oxidation sites excluding steroid dienone is 2. The number of piperidine rings is 1. The average molecular weight is 801 g/mol. The van der Waals surface area contributed by atoms with Crippen LogP contribution >= 0.6 is 0 Å². The lowest BCUT2D eigenvalue weighted by Crippen LogP contribution is -2.52. The fourth-order valence-electron chi connectivity index (χ4n) is 12.6. The molecule has 2 saturated carbocycles. The van der Waals surface area contributed by atoms with Gasteiger partial charge in [0.05, 0.1) is 23.9 Å². The predicted octanol–water partition coefficient (Wildman–Crippen LogP) is 8.58. The van der Waals surface area contributed by atoms with Gasteiger partial charge in [0.2, 0.25) is 0 Å². The number of ether oxygens (including phenoxy) is 1. The molecule has 7 nitrogen and oxygen atoms in total. The maximum atomic E-state index is 13.7. The largest absolute Gasteiger partial charge is 0.471 e. The molecule has 1 amide bonds. The van der Waals surface area contributed by atoms with Crippen LogP contribution in [-0.4, -0.2) is 76.6 Å². The Bertz CT molecular complexity index is 1960. The third kappa shape index (κ3) is 7.44. The minimum Gasteiger partial charge on any atom is -0.393 e. The number of rotatable bonds is 10. The van der Waals surface area contributed by atoms with Crippen LogP contribution in [0.15, 0.2) is 77.4 Å². The number of Topliss-reactive ketones (excluding diaryl/α,β-unsaturated/α-hetero) is 1. The lowest BCUT2D eigenvalue weighted by atomic mass is 9.56. The Labute approximate surface area is 340 Å². The molecular weight excluding hydrogens is 742 g/mol. The van der Waals surface area contributed by atoms with E-state index < -0.39 is 23.9 Å². The van der Waals surface area contributed by atoms with Crippen molar-refractivity contribution in [3.05, 3.63) is 94.1 Å². The molecule has 2 heterocycles. The minimum absolute atomic E-state index is 0.0232. The summed E-state index contributed by atoms with van der Waals surface area (Å²) in [6, 6.07) is 14.0. The molecule has 0 aromatic heterocycles. The summed E-state index contributed by atoms with van der Waals surface area (Å²) in [5.41, 5.74) is 5.83. The van der Waals surface area contributed by atoms with E-state index in [0.717, 1.165) is 57.9 Å². The van der Waals surface area contributed by atoms with E-state index in [1.165, 1.54) is 11.1 Å². The van der Waals surface area contributed by atoms with Crippen molar-refractivity contribution >= 4 is 17.5 Å². The van der Waals surface area contributed by atoms with Gasteiger partial charge in [0.25, 0.3) is 0 Å². The van der Waals surface area contributed by atoms with E-state index in [1.807, 2.05) is 11.4 Å². The first-order valence-electron chi connectivity index (χ1n) is 21.7. The van der Waals surface area contributed by atoms with Gasteiger partial charge in [-0.3, -0.25) is 19.3 Å². The molecule has 2 saturated heterocycles. The fourth-order valence-corrected chi connectivity index (χ4v) is 12.6. The second kappa shape index (κ2) is 15.8. The summed E-state index contributed by atoms with van der Waals surface area (Å²) in [6.45, 7) is 10.9. The van der Waals surface area contributed by atoms with Gasteiger partial charge in [0.1, 0.15) is 0 Å². The van der Waals surface area contributed by atoms with E-state index in [4.69, 9.17) is 4.74 Å². The van der Waals surface area contributed by atoms with Crippen molar-refractivity contribution in [1.29, 1.82) is 0 Å². The highest BCUT2D eigenvalue weighted by molar-refractivity contribution is 6.09. The van der Waals surface area contributed by atoms with Gasteiger partial charge < -0.3 is 15.2 Å². The second-order valence-electron chi connectivity index (χ2n) is 18.9. The van der Waals surface area contributed by atoms with E-state index in [0.29, 0.717) is 53.3 Å². The van der Waals surface area contributed by atoms with Crippen LogP contribution in [0.2, 0.25) is 0 Å².